The molecule has 1 aromatic heterocycles. The molecule has 2 heterocycles. The topological polar surface area (TPSA) is 72.3 Å². The van der Waals surface area contributed by atoms with Crippen LogP contribution in [0.2, 0.25) is 0 Å². The minimum Gasteiger partial charge on any atom is -0.378 e. The van der Waals surface area contributed by atoms with Gasteiger partial charge in [0.2, 0.25) is 0 Å². The first-order chi connectivity index (χ1) is 12.2. The standard InChI is InChI=1S/C18H29N5O2/c1-3-25-14-11-13(18(14)8-4-5-9-18)22(2)17(24)19-12-16-21-20-15-7-6-10-23(15)16/h13-14H,3-12H2,1-2H3,(H,19,24). The van der Waals surface area contributed by atoms with Crippen LogP contribution in [0.3, 0.4) is 0 Å². The number of urea groups is 1. The molecule has 7 heteroatoms. The number of amides is 2. The molecule has 1 N–H and O–H groups in total. The van der Waals surface area contributed by atoms with Crippen molar-refractivity contribution in [3.63, 3.8) is 0 Å². The van der Waals surface area contributed by atoms with Crippen molar-refractivity contribution in [2.75, 3.05) is 13.7 Å². The van der Waals surface area contributed by atoms with Crippen LogP contribution < -0.4 is 5.32 Å². The zero-order valence-electron chi connectivity index (χ0n) is 15.3. The third-order valence-electron chi connectivity index (χ3n) is 6.52. The van der Waals surface area contributed by atoms with Gasteiger partial charge in [0.05, 0.1) is 12.6 Å². The van der Waals surface area contributed by atoms with Crippen molar-refractivity contribution in [2.24, 2.45) is 5.41 Å². The molecule has 3 aliphatic rings. The summed E-state index contributed by atoms with van der Waals surface area (Å²) >= 11 is 0. The lowest BCUT2D eigenvalue weighted by Gasteiger charge is -2.56. The molecule has 0 bridgehead atoms. The molecule has 25 heavy (non-hydrogen) atoms. The number of nitrogens with one attached hydrogen (secondary N) is 1. The van der Waals surface area contributed by atoms with Crippen LogP contribution in [0, 0.1) is 5.41 Å². The molecule has 1 aromatic rings. The molecule has 7 nitrogen and oxygen atoms in total. The SMILES string of the molecule is CCOC1CC(N(C)C(=O)NCc2nnc3n2CCC3)C12CCCC2. The number of fused-ring (bicyclic) bond motifs is 1. The maximum Gasteiger partial charge on any atom is 0.317 e. The van der Waals surface area contributed by atoms with E-state index in [9.17, 15) is 4.79 Å². The summed E-state index contributed by atoms with van der Waals surface area (Å²) in [6.07, 6.45) is 8.25. The summed E-state index contributed by atoms with van der Waals surface area (Å²) in [4.78, 5) is 14.6. The van der Waals surface area contributed by atoms with Gasteiger partial charge in [-0.15, -0.1) is 10.2 Å². The quantitative estimate of drug-likeness (QED) is 0.885. The fraction of sp³-hybridized carbons (Fsp3) is 0.833. The molecular weight excluding hydrogens is 318 g/mol. The monoisotopic (exact) mass is 347 g/mol. The predicted octanol–water partition coefficient (Wildman–Crippen LogP) is 2.10. The predicted molar refractivity (Wildman–Crippen MR) is 93.1 cm³/mol. The van der Waals surface area contributed by atoms with Crippen LogP contribution in [0.1, 0.15) is 57.1 Å². The van der Waals surface area contributed by atoms with Crippen molar-refractivity contribution >= 4 is 6.03 Å². The van der Waals surface area contributed by atoms with E-state index in [1.807, 2.05) is 11.9 Å². The van der Waals surface area contributed by atoms with E-state index < -0.39 is 0 Å². The molecule has 0 saturated heterocycles. The summed E-state index contributed by atoms with van der Waals surface area (Å²) < 4.78 is 8.10. The second-order valence-electron chi connectivity index (χ2n) is 7.69. The van der Waals surface area contributed by atoms with Gasteiger partial charge in [0.15, 0.2) is 5.82 Å². The Labute approximate surface area is 149 Å². The van der Waals surface area contributed by atoms with E-state index in [0.717, 1.165) is 44.1 Å². The fourth-order valence-corrected chi connectivity index (χ4v) is 5.16. The van der Waals surface area contributed by atoms with Gasteiger partial charge in [-0.1, -0.05) is 12.8 Å². The van der Waals surface area contributed by atoms with Gasteiger partial charge in [-0.2, -0.15) is 0 Å². The summed E-state index contributed by atoms with van der Waals surface area (Å²) in [5.74, 6) is 1.91. The van der Waals surface area contributed by atoms with Gasteiger partial charge in [0.25, 0.3) is 0 Å². The number of hydrogen-bond donors (Lipinski definition) is 1. The summed E-state index contributed by atoms with van der Waals surface area (Å²) in [5, 5.41) is 11.5. The first-order valence-corrected chi connectivity index (χ1v) is 9.69. The minimum atomic E-state index is -0.0124. The summed E-state index contributed by atoms with van der Waals surface area (Å²) in [7, 11) is 1.93. The molecule has 2 amide bonds. The molecule has 2 saturated carbocycles. The highest BCUT2D eigenvalue weighted by molar-refractivity contribution is 5.74. The number of hydrogen-bond acceptors (Lipinski definition) is 4. The zero-order chi connectivity index (χ0) is 17.4. The lowest BCUT2D eigenvalue weighted by Crippen LogP contribution is -2.65. The van der Waals surface area contributed by atoms with Crippen LogP contribution in [0.5, 0.6) is 0 Å². The first kappa shape index (κ1) is 16.8. The van der Waals surface area contributed by atoms with E-state index in [1.165, 1.54) is 25.7 Å². The molecular formula is C18H29N5O2. The lowest BCUT2D eigenvalue weighted by atomic mass is 9.60. The molecule has 1 spiro atoms. The van der Waals surface area contributed by atoms with E-state index >= 15 is 0 Å². The second kappa shape index (κ2) is 6.59. The van der Waals surface area contributed by atoms with Gasteiger partial charge in [-0.05, 0) is 32.6 Å². The van der Waals surface area contributed by atoms with Gasteiger partial charge in [0, 0.05) is 38.1 Å². The molecule has 4 rings (SSSR count). The van der Waals surface area contributed by atoms with E-state index in [1.54, 1.807) is 0 Å². The Kier molecular flexibility index (Phi) is 4.43. The number of carbonyl (C=O) groups is 1. The number of aryl methyl sites for hydroxylation is 1. The van der Waals surface area contributed by atoms with Crippen molar-refractivity contribution in [3.05, 3.63) is 11.6 Å². The molecule has 0 aromatic carbocycles. The molecule has 138 valence electrons. The minimum absolute atomic E-state index is 0.0124. The van der Waals surface area contributed by atoms with E-state index in [0.29, 0.717) is 12.6 Å². The van der Waals surface area contributed by atoms with Crippen molar-refractivity contribution in [1.82, 2.24) is 25.0 Å². The average Bonchev–Trinajstić information content (AvgIpc) is 3.33. The Balaban J connectivity index is 1.37. The summed E-state index contributed by atoms with van der Waals surface area (Å²) in [6, 6.07) is 0.275. The largest absolute Gasteiger partial charge is 0.378 e. The van der Waals surface area contributed by atoms with Gasteiger partial charge >= 0.3 is 6.03 Å². The number of ether oxygens (including phenoxy) is 1. The average molecular weight is 347 g/mol. The van der Waals surface area contributed by atoms with Crippen LogP contribution in [-0.4, -0.2) is 51.5 Å². The maximum atomic E-state index is 12.7. The van der Waals surface area contributed by atoms with Crippen LogP contribution in [0.25, 0.3) is 0 Å². The second-order valence-corrected chi connectivity index (χ2v) is 7.69. The van der Waals surface area contributed by atoms with Gasteiger partial charge < -0.3 is 19.5 Å². The maximum absolute atomic E-state index is 12.7. The van der Waals surface area contributed by atoms with Crippen LogP contribution in [-0.2, 0) is 24.2 Å². The Morgan fingerprint density at radius 3 is 2.92 bits per heavy atom. The number of aromatic nitrogens is 3. The Morgan fingerprint density at radius 1 is 1.36 bits per heavy atom. The highest BCUT2D eigenvalue weighted by atomic mass is 16.5. The Morgan fingerprint density at radius 2 is 2.16 bits per heavy atom. The van der Waals surface area contributed by atoms with Gasteiger partial charge in [0.1, 0.15) is 5.82 Å². The van der Waals surface area contributed by atoms with Crippen LogP contribution in [0.15, 0.2) is 0 Å². The number of rotatable bonds is 5. The van der Waals surface area contributed by atoms with Crippen LogP contribution >= 0.6 is 0 Å². The fourth-order valence-electron chi connectivity index (χ4n) is 5.16. The molecule has 1 aliphatic heterocycles. The van der Waals surface area contributed by atoms with E-state index in [-0.39, 0.29) is 17.5 Å². The summed E-state index contributed by atoms with van der Waals surface area (Å²) in [5.41, 5.74) is 0.179. The molecule has 2 unspecified atom stereocenters. The molecule has 0 radical (unpaired) electrons. The summed E-state index contributed by atoms with van der Waals surface area (Å²) in [6.45, 7) is 4.23. The normalized spacial score (nSPS) is 26.5. The Bertz CT molecular complexity index is 637. The third kappa shape index (κ3) is 2.72. The van der Waals surface area contributed by atoms with Crippen molar-refractivity contribution in [2.45, 2.75) is 77.1 Å². The van der Waals surface area contributed by atoms with Gasteiger partial charge in [-0.25, -0.2) is 4.79 Å². The van der Waals surface area contributed by atoms with Crippen LogP contribution in [0.4, 0.5) is 4.79 Å². The highest BCUT2D eigenvalue weighted by Gasteiger charge is 2.58. The van der Waals surface area contributed by atoms with Crippen molar-refractivity contribution in [1.29, 1.82) is 0 Å². The van der Waals surface area contributed by atoms with E-state index in [2.05, 4.69) is 27.0 Å². The molecule has 2 atom stereocenters. The van der Waals surface area contributed by atoms with Crippen molar-refractivity contribution < 1.29 is 9.53 Å². The number of nitrogens with zero attached hydrogens (tertiary/aromatic N) is 4. The third-order valence-corrected chi connectivity index (χ3v) is 6.52. The molecule has 2 aliphatic carbocycles. The first-order valence-electron chi connectivity index (χ1n) is 9.69. The van der Waals surface area contributed by atoms with E-state index in [4.69, 9.17) is 4.74 Å². The lowest BCUT2D eigenvalue weighted by molar-refractivity contribution is -0.151. The number of carbonyl (C=O) groups excluding carboxylic acids is 1. The van der Waals surface area contributed by atoms with Gasteiger partial charge in [-0.3, -0.25) is 0 Å². The smallest absolute Gasteiger partial charge is 0.317 e. The highest BCUT2D eigenvalue weighted by Crippen LogP contribution is 2.56. The molecule has 2 fully saturated rings. The zero-order valence-corrected chi connectivity index (χ0v) is 15.3. The Hall–Kier alpha value is -1.63. The van der Waals surface area contributed by atoms with Crippen molar-refractivity contribution in [3.8, 4) is 0 Å².